The van der Waals surface area contributed by atoms with Crippen molar-refractivity contribution in [1.82, 2.24) is 5.32 Å². The zero-order chi connectivity index (χ0) is 20.1. The van der Waals surface area contributed by atoms with E-state index in [1.54, 1.807) is 13.0 Å². The summed E-state index contributed by atoms with van der Waals surface area (Å²) in [5.41, 5.74) is -4.31. The van der Waals surface area contributed by atoms with Gasteiger partial charge in [0.05, 0.1) is 6.04 Å². The Balaban J connectivity index is 2.05. The summed E-state index contributed by atoms with van der Waals surface area (Å²) in [6.07, 6.45) is 2.93. The fourth-order valence-corrected chi connectivity index (χ4v) is 2.54. The molecule has 1 N–H and O–H groups in total. The summed E-state index contributed by atoms with van der Waals surface area (Å²) in [6, 6.07) is 13.6. The van der Waals surface area contributed by atoms with E-state index < -0.39 is 33.3 Å². The fourth-order valence-electron chi connectivity index (χ4n) is 2.09. The van der Waals surface area contributed by atoms with Gasteiger partial charge in [-0.25, -0.2) is 0 Å². The van der Waals surface area contributed by atoms with Crippen molar-refractivity contribution in [3.8, 4) is 5.75 Å². The lowest BCUT2D eigenvalue weighted by molar-refractivity contribution is -0.117. The predicted molar refractivity (Wildman–Crippen MR) is 94.1 cm³/mol. The second-order valence-corrected chi connectivity index (χ2v) is 7.07. The van der Waals surface area contributed by atoms with Crippen molar-refractivity contribution in [2.75, 3.05) is 0 Å². The molecule has 1 amide bonds. The van der Waals surface area contributed by atoms with Crippen molar-refractivity contribution >= 4 is 22.1 Å². The van der Waals surface area contributed by atoms with Gasteiger partial charge in [-0.3, -0.25) is 4.79 Å². The molecule has 0 aliphatic carbocycles. The molecular weight excluding hydrogens is 383 g/mol. The number of rotatable bonds is 6. The van der Waals surface area contributed by atoms with E-state index in [9.17, 15) is 26.4 Å². The number of halogens is 3. The molecule has 0 saturated carbocycles. The predicted octanol–water partition coefficient (Wildman–Crippen LogP) is 3.81. The van der Waals surface area contributed by atoms with Gasteiger partial charge in [0.1, 0.15) is 5.75 Å². The highest BCUT2D eigenvalue weighted by Gasteiger charge is 2.48. The molecule has 0 spiro atoms. The smallest absolute Gasteiger partial charge is 0.376 e. The van der Waals surface area contributed by atoms with E-state index in [0.717, 1.165) is 17.7 Å². The van der Waals surface area contributed by atoms with Gasteiger partial charge >= 0.3 is 15.6 Å². The summed E-state index contributed by atoms with van der Waals surface area (Å²) < 4.78 is 63.4. The van der Waals surface area contributed by atoms with Gasteiger partial charge in [0.15, 0.2) is 0 Å². The first-order chi connectivity index (χ1) is 12.6. The molecule has 2 aromatic carbocycles. The summed E-state index contributed by atoms with van der Waals surface area (Å²) in [5, 5.41) is 2.63. The summed E-state index contributed by atoms with van der Waals surface area (Å²) in [4.78, 5) is 12.0. The Hall–Kier alpha value is -2.81. The van der Waals surface area contributed by atoms with E-state index in [1.165, 1.54) is 18.2 Å². The molecule has 0 aliphatic heterocycles. The van der Waals surface area contributed by atoms with Crippen LogP contribution in [0, 0.1) is 0 Å². The molecule has 2 rings (SSSR count). The van der Waals surface area contributed by atoms with Gasteiger partial charge in [0.25, 0.3) is 0 Å². The van der Waals surface area contributed by atoms with E-state index in [0.29, 0.717) is 5.56 Å². The lowest BCUT2D eigenvalue weighted by Gasteiger charge is -2.15. The molecule has 0 fully saturated rings. The highest BCUT2D eigenvalue weighted by Crippen LogP contribution is 2.28. The molecule has 0 bridgehead atoms. The quantitative estimate of drug-likeness (QED) is 0.456. The maximum Gasteiger partial charge on any atom is 0.534 e. The fraction of sp³-hybridized carbons (Fsp3) is 0.167. The monoisotopic (exact) mass is 399 g/mol. The third-order valence-electron chi connectivity index (χ3n) is 3.43. The third-order valence-corrected chi connectivity index (χ3v) is 4.41. The average molecular weight is 399 g/mol. The highest BCUT2D eigenvalue weighted by molar-refractivity contribution is 7.88. The van der Waals surface area contributed by atoms with Crippen LogP contribution in [0.3, 0.4) is 0 Å². The molecule has 5 nitrogen and oxygen atoms in total. The first-order valence-electron chi connectivity index (χ1n) is 7.73. The van der Waals surface area contributed by atoms with Crippen LogP contribution < -0.4 is 9.50 Å². The maximum absolute atomic E-state index is 12.4. The Morgan fingerprint density at radius 1 is 1.11 bits per heavy atom. The molecule has 1 unspecified atom stereocenters. The van der Waals surface area contributed by atoms with E-state index in [1.807, 2.05) is 30.3 Å². The van der Waals surface area contributed by atoms with E-state index in [2.05, 4.69) is 9.50 Å². The molecule has 9 heteroatoms. The van der Waals surface area contributed by atoms with Crippen LogP contribution >= 0.6 is 0 Å². The largest absolute Gasteiger partial charge is 0.534 e. The van der Waals surface area contributed by atoms with Gasteiger partial charge in [-0.15, -0.1) is 0 Å². The first-order valence-corrected chi connectivity index (χ1v) is 9.14. The van der Waals surface area contributed by atoms with Gasteiger partial charge in [-0.05, 0) is 36.3 Å². The number of amides is 1. The van der Waals surface area contributed by atoms with Gasteiger partial charge in [0, 0.05) is 6.08 Å². The Morgan fingerprint density at radius 3 is 2.41 bits per heavy atom. The molecule has 0 aliphatic rings. The van der Waals surface area contributed by atoms with Crippen LogP contribution in [0.2, 0.25) is 0 Å². The summed E-state index contributed by atoms with van der Waals surface area (Å²) >= 11 is 0. The van der Waals surface area contributed by atoms with Gasteiger partial charge in [0.2, 0.25) is 5.91 Å². The standard InChI is InChI=1S/C18H16F3NO4S/c1-13(22-17(23)11-10-14-6-3-2-4-7-14)15-8-5-9-16(12-15)26-27(24,25)18(19,20)21/h2-13H,1H3,(H,22,23)/b11-10+. The minimum absolute atomic E-state index is 0.381. The Labute approximate surface area is 154 Å². The Kier molecular flexibility index (Phi) is 6.27. The normalized spacial score (nSPS) is 13.3. The van der Waals surface area contributed by atoms with E-state index in [-0.39, 0.29) is 0 Å². The number of carbonyl (C=O) groups is 1. The average Bonchev–Trinajstić information content (AvgIpc) is 2.60. The van der Waals surface area contributed by atoms with Gasteiger partial charge < -0.3 is 9.50 Å². The first kappa shape index (κ1) is 20.5. The molecule has 144 valence electrons. The SMILES string of the molecule is CC(NC(=O)/C=C/c1ccccc1)c1cccc(OS(=O)(=O)C(F)(F)F)c1. The minimum Gasteiger partial charge on any atom is -0.376 e. The van der Waals surface area contributed by atoms with Crippen molar-refractivity contribution in [2.24, 2.45) is 0 Å². The van der Waals surface area contributed by atoms with Crippen LogP contribution in [-0.4, -0.2) is 19.8 Å². The highest BCUT2D eigenvalue weighted by atomic mass is 32.2. The van der Waals surface area contributed by atoms with Crippen molar-refractivity contribution in [3.05, 3.63) is 71.8 Å². The van der Waals surface area contributed by atoms with Crippen molar-refractivity contribution in [2.45, 2.75) is 18.5 Å². The van der Waals surface area contributed by atoms with E-state index >= 15 is 0 Å². The maximum atomic E-state index is 12.4. The third kappa shape index (κ3) is 5.85. The molecule has 2 aromatic rings. The van der Waals surface area contributed by atoms with E-state index in [4.69, 9.17) is 0 Å². The van der Waals surface area contributed by atoms with Crippen LogP contribution in [0.5, 0.6) is 5.75 Å². The van der Waals surface area contributed by atoms with Crippen LogP contribution in [0.25, 0.3) is 6.08 Å². The molecule has 0 heterocycles. The van der Waals surface area contributed by atoms with Gasteiger partial charge in [-0.1, -0.05) is 42.5 Å². The molecular formula is C18H16F3NO4S. The topological polar surface area (TPSA) is 72.5 Å². The number of alkyl halides is 3. The van der Waals surface area contributed by atoms with Crippen LogP contribution in [0.1, 0.15) is 24.1 Å². The minimum atomic E-state index is -5.75. The second-order valence-electron chi connectivity index (χ2n) is 5.53. The van der Waals surface area contributed by atoms with Crippen molar-refractivity contribution < 1.29 is 30.6 Å². The zero-order valence-electron chi connectivity index (χ0n) is 14.1. The Bertz CT molecular complexity index is 925. The molecule has 0 aromatic heterocycles. The molecule has 0 radical (unpaired) electrons. The number of benzene rings is 2. The van der Waals surface area contributed by atoms with Crippen LogP contribution in [0.15, 0.2) is 60.7 Å². The lowest BCUT2D eigenvalue weighted by Crippen LogP contribution is -2.28. The van der Waals surface area contributed by atoms with Crippen molar-refractivity contribution in [3.63, 3.8) is 0 Å². The molecule has 1 atom stereocenters. The van der Waals surface area contributed by atoms with Gasteiger partial charge in [-0.2, -0.15) is 21.6 Å². The second kappa shape index (κ2) is 8.26. The van der Waals surface area contributed by atoms with Crippen molar-refractivity contribution in [1.29, 1.82) is 0 Å². The lowest BCUT2D eigenvalue weighted by atomic mass is 10.1. The molecule has 27 heavy (non-hydrogen) atoms. The van der Waals surface area contributed by atoms with Crippen LogP contribution in [0.4, 0.5) is 13.2 Å². The summed E-state index contributed by atoms with van der Waals surface area (Å²) in [5.74, 6) is -0.911. The summed E-state index contributed by atoms with van der Waals surface area (Å²) in [6.45, 7) is 1.60. The molecule has 0 saturated heterocycles. The van der Waals surface area contributed by atoms with Crippen LogP contribution in [-0.2, 0) is 14.9 Å². The number of hydrogen-bond acceptors (Lipinski definition) is 4. The number of nitrogens with one attached hydrogen (secondary N) is 1. The number of carbonyl (C=O) groups excluding carboxylic acids is 1. The Morgan fingerprint density at radius 2 is 1.78 bits per heavy atom. The summed E-state index contributed by atoms with van der Waals surface area (Å²) in [7, 11) is -5.75. The zero-order valence-corrected chi connectivity index (χ0v) is 14.9. The number of hydrogen-bond donors (Lipinski definition) is 1.